The van der Waals surface area contributed by atoms with Crippen LogP contribution in [-0.4, -0.2) is 26.9 Å². The second kappa shape index (κ2) is 8.26. The number of carbonyl (C=O) groups is 1. The molecule has 3 rings (SSSR count). The summed E-state index contributed by atoms with van der Waals surface area (Å²) in [4.78, 5) is 38.3. The highest BCUT2D eigenvalue weighted by Gasteiger charge is 2.14. The third-order valence-corrected chi connectivity index (χ3v) is 4.26. The first kappa shape index (κ1) is 19.6. The van der Waals surface area contributed by atoms with Gasteiger partial charge in [0.15, 0.2) is 0 Å². The van der Waals surface area contributed by atoms with Crippen molar-refractivity contribution in [2.45, 2.75) is 13.8 Å². The number of rotatable bonds is 4. The summed E-state index contributed by atoms with van der Waals surface area (Å²) >= 11 is 0. The first-order chi connectivity index (χ1) is 13.9. The molecule has 0 aliphatic carbocycles. The van der Waals surface area contributed by atoms with E-state index in [2.05, 4.69) is 20.8 Å². The number of aromatic hydroxyl groups is 1. The number of nitrogens with zero attached hydrogens (tertiary/aromatic N) is 2. The highest BCUT2D eigenvalue weighted by atomic mass is 16.3. The van der Waals surface area contributed by atoms with Gasteiger partial charge in [0, 0.05) is 5.69 Å². The Morgan fingerprint density at radius 3 is 2.52 bits per heavy atom. The number of nitrogens with one attached hydrogen (secondary N) is 3. The first-order valence-corrected chi connectivity index (χ1v) is 8.68. The van der Waals surface area contributed by atoms with Gasteiger partial charge in [-0.15, -0.1) is 0 Å². The fourth-order valence-corrected chi connectivity index (χ4v) is 2.60. The molecular weight excluding hydrogens is 374 g/mol. The molecule has 1 heterocycles. The van der Waals surface area contributed by atoms with Crippen molar-refractivity contribution in [3.63, 3.8) is 0 Å². The maximum absolute atomic E-state index is 12.2. The summed E-state index contributed by atoms with van der Waals surface area (Å²) in [6.07, 6.45) is 0.968. The predicted octanol–water partition coefficient (Wildman–Crippen LogP) is 2.00. The van der Waals surface area contributed by atoms with Crippen LogP contribution < -0.4 is 22.0 Å². The number of hydrazone groups is 1. The summed E-state index contributed by atoms with van der Waals surface area (Å²) in [6, 6.07) is 13.2. The minimum atomic E-state index is -0.832. The number of para-hydroxylation sites is 1. The molecule has 0 atom stereocenters. The lowest BCUT2D eigenvalue weighted by Gasteiger charge is -2.11. The molecule has 0 aliphatic rings. The van der Waals surface area contributed by atoms with Crippen LogP contribution in [0.15, 0.2) is 63.2 Å². The lowest BCUT2D eigenvalue weighted by molar-refractivity contribution is 0.252. The normalized spacial score (nSPS) is 10.8. The lowest BCUT2D eigenvalue weighted by Crippen LogP contribution is -2.32. The van der Waals surface area contributed by atoms with Gasteiger partial charge < -0.3 is 10.4 Å². The van der Waals surface area contributed by atoms with Crippen molar-refractivity contribution in [1.82, 2.24) is 15.0 Å². The highest BCUT2D eigenvalue weighted by molar-refractivity contribution is 5.90. The van der Waals surface area contributed by atoms with Gasteiger partial charge >= 0.3 is 11.7 Å². The van der Waals surface area contributed by atoms with Gasteiger partial charge in [-0.2, -0.15) is 5.10 Å². The average Bonchev–Trinajstić information content (AvgIpc) is 2.68. The van der Waals surface area contributed by atoms with Gasteiger partial charge in [-0.3, -0.25) is 9.78 Å². The number of hydrogen-bond donors (Lipinski definition) is 4. The summed E-state index contributed by atoms with van der Waals surface area (Å²) in [5.41, 5.74) is 3.17. The van der Waals surface area contributed by atoms with Gasteiger partial charge in [-0.25, -0.2) is 19.6 Å². The molecule has 2 amide bonds. The number of amides is 2. The largest absolute Gasteiger partial charge is 0.493 e. The van der Waals surface area contributed by atoms with E-state index in [1.54, 1.807) is 48.5 Å². The van der Waals surface area contributed by atoms with E-state index in [-0.39, 0.29) is 5.56 Å². The van der Waals surface area contributed by atoms with Crippen LogP contribution in [0.4, 0.5) is 10.5 Å². The molecule has 0 unspecified atom stereocenters. The fraction of sp³-hybridized carbons (Fsp3) is 0.100. The van der Waals surface area contributed by atoms with Crippen molar-refractivity contribution in [3.05, 3.63) is 86.1 Å². The molecule has 3 aromatic rings. The summed E-state index contributed by atoms with van der Waals surface area (Å²) in [5.74, 6) is -0.587. The van der Waals surface area contributed by atoms with E-state index in [1.165, 1.54) is 0 Å². The van der Waals surface area contributed by atoms with Crippen molar-refractivity contribution >= 4 is 17.9 Å². The van der Waals surface area contributed by atoms with Crippen LogP contribution >= 0.6 is 0 Å². The lowest BCUT2D eigenvalue weighted by atomic mass is 10.1. The second-order valence-electron chi connectivity index (χ2n) is 6.29. The monoisotopic (exact) mass is 393 g/mol. The molecule has 0 spiro atoms. The van der Waals surface area contributed by atoms with Crippen LogP contribution in [0.25, 0.3) is 5.69 Å². The van der Waals surface area contributed by atoms with Gasteiger partial charge in [0.05, 0.1) is 11.9 Å². The summed E-state index contributed by atoms with van der Waals surface area (Å²) < 4.78 is 0.958. The van der Waals surface area contributed by atoms with Crippen molar-refractivity contribution < 1.29 is 9.90 Å². The molecule has 0 bridgehead atoms. The molecule has 9 nitrogen and oxygen atoms in total. The van der Waals surface area contributed by atoms with Crippen molar-refractivity contribution in [2.75, 3.05) is 5.32 Å². The van der Waals surface area contributed by atoms with Crippen LogP contribution in [0.5, 0.6) is 5.88 Å². The van der Waals surface area contributed by atoms with Crippen molar-refractivity contribution in [3.8, 4) is 11.6 Å². The number of urea groups is 1. The number of carbonyl (C=O) groups excluding carboxylic acids is 1. The number of H-pyrrole nitrogens is 1. The minimum Gasteiger partial charge on any atom is -0.493 e. The third-order valence-electron chi connectivity index (χ3n) is 4.26. The zero-order valence-electron chi connectivity index (χ0n) is 15.8. The SMILES string of the molecule is Cc1ccc(-n2c(O)c(/C=N/NC(=O)Nc3ccccc3)c(=O)[nH]c2=O)cc1C. The van der Waals surface area contributed by atoms with E-state index in [9.17, 15) is 19.5 Å². The molecular formula is C20H19N5O4. The molecule has 1 aromatic heterocycles. The molecule has 9 heteroatoms. The average molecular weight is 393 g/mol. The molecule has 148 valence electrons. The Bertz CT molecular complexity index is 1200. The molecule has 0 fully saturated rings. The Balaban J connectivity index is 1.87. The number of aromatic amines is 1. The standard InChI is InChI=1S/C20H19N5O4/c1-12-8-9-15(10-13(12)2)25-18(27)16(17(26)23-20(25)29)11-21-24-19(28)22-14-6-4-3-5-7-14/h3-11,27H,1-2H3,(H2,22,24,28)(H,23,26,29)/b21-11+. The van der Waals surface area contributed by atoms with Gasteiger partial charge in [0.1, 0.15) is 5.56 Å². The van der Waals surface area contributed by atoms with Crippen LogP contribution in [0, 0.1) is 13.8 Å². The van der Waals surface area contributed by atoms with E-state index in [0.717, 1.165) is 21.9 Å². The van der Waals surface area contributed by atoms with Gasteiger partial charge in [0.25, 0.3) is 5.56 Å². The van der Waals surface area contributed by atoms with Gasteiger partial charge in [-0.05, 0) is 49.2 Å². The van der Waals surface area contributed by atoms with Crippen LogP contribution in [0.2, 0.25) is 0 Å². The Kier molecular flexibility index (Phi) is 5.59. The van der Waals surface area contributed by atoms with Crippen molar-refractivity contribution in [1.29, 1.82) is 0 Å². The Morgan fingerprint density at radius 2 is 1.83 bits per heavy atom. The third kappa shape index (κ3) is 4.41. The Morgan fingerprint density at radius 1 is 1.10 bits per heavy atom. The maximum Gasteiger partial charge on any atom is 0.339 e. The minimum absolute atomic E-state index is 0.275. The van der Waals surface area contributed by atoms with E-state index < -0.39 is 23.2 Å². The van der Waals surface area contributed by atoms with E-state index in [0.29, 0.717) is 11.4 Å². The number of aryl methyl sites for hydroxylation is 2. The quantitative estimate of drug-likeness (QED) is 0.399. The van der Waals surface area contributed by atoms with E-state index in [1.807, 2.05) is 13.8 Å². The highest BCUT2D eigenvalue weighted by Crippen LogP contribution is 2.18. The van der Waals surface area contributed by atoms with Crippen LogP contribution in [0.1, 0.15) is 16.7 Å². The van der Waals surface area contributed by atoms with Gasteiger partial charge in [-0.1, -0.05) is 24.3 Å². The molecule has 0 aliphatic heterocycles. The van der Waals surface area contributed by atoms with Crippen LogP contribution in [0.3, 0.4) is 0 Å². The van der Waals surface area contributed by atoms with Gasteiger partial charge in [0.2, 0.25) is 5.88 Å². The van der Waals surface area contributed by atoms with E-state index in [4.69, 9.17) is 0 Å². The van der Waals surface area contributed by atoms with Crippen molar-refractivity contribution in [2.24, 2.45) is 5.10 Å². The zero-order valence-corrected chi connectivity index (χ0v) is 15.8. The maximum atomic E-state index is 12.2. The van der Waals surface area contributed by atoms with Crippen LogP contribution in [-0.2, 0) is 0 Å². The van der Waals surface area contributed by atoms with E-state index >= 15 is 0 Å². The molecule has 0 saturated carbocycles. The zero-order chi connectivity index (χ0) is 21.0. The number of anilines is 1. The molecule has 2 aromatic carbocycles. The fourth-order valence-electron chi connectivity index (χ4n) is 2.60. The summed E-state index contributed by atoms with van der Waals surface area (Å²) in [5, 5.41) is 16.7. The second-order valence-corrected chi connectivity index (χ2v) is 6.29. The number of hydrogen-bond acceptors (Lipinski definition) is 5. The molecule has 0 radical (unpaired) electrons. The topological polar surface area (TPSA) is 129 Å². The first-order valence-electron chi connectivity index (χ1n) is 8.68. The smallest absolute Gasteiger partial charge is 0.339 e. The molecule has 0 saturated heterocycles. The Labute approximate surface area is 165 Å². The Hall–Kier alpha value is -4.14. The summed E-state index contributed by atoms with van der Waals surface area (Å²) in [7, 11) is 0. The molecule has 29 heavy (non-hydrogen) atoms. The number of benzene rings is 2. The molecule has 4 N–H and O–H groups in total. The number of aromatic nitrogens is 2. The predicted molar refractivity (Wildman–Crippen MR) is 110 cm³/mol. The summed E-state index contributed by atoms with van der Waals surface area (Å²) in [6.45, 7) is 3.78.